The van der Waals surface area contributed by atoms with E-state index in [1.165, 1.54) is 96.3 Å². The van der Waals surface area contributed by atoms with E-state index in [-0.39, 0.29) is 19.3 Å². The quantitative estimate of drug-likeness (QED) is 0.0944. The summed E-state index contributed by atoms with van der Waals surface area (Å²) in [5.41, 5.74) is 0. The van der Waals surface area contributed by atoms with Crippen molar-refractivity contribution in [3.63, 3.8) is 0 Å². The molecule has 2 fully saturated rings. The van der Waals surface area contributed by atoms with Gasteiger partial charge in [0.1, 0.15) is 0 Å². The van der Waals surface area contributed by atoms with Gasteiger partial charge in [0.05, 0.1) is 32.0 Å². The molecule has 1 N–H and O–H groups in total. The molecule has 1 aliphatic carbocycles. The lowest BCUT2D eigenvalue weighted by molar-refractivity contribution is -0.0392. The third-order valence-electron chi connectivity index (χ3n) is 7.99. The number of phosphoric acid groups is 1. The topological polar surface area (TPSA) is 77.5 Å². The van der Waals surface area contributed by atoms with Crippen LogP contribution in [0.15, 0.2) is 0 Å². The third-order valence-corrected chi connectivity index (χ3v) is 9.00. The van der Waals surface area contributed by atoms with E-state index in [0.717, 1.165) is 58.3 Å². The molecule has 226 valence electrons. The van der Waals surface area contributed by atoms with Gasteiger partial charge in [-0.05, 0) is 64.5 Å². The summed E-state index contributed by atoms with van der Waals surface area (Å²) in [6.07, 6.45) is 25.5. The molecule has 1 aliphatic heterocycles. The minimum atomic E-state index is -3.99. The van der Waals surface area contributed by atoms with Gasteiger partial charge in [-0.1, -0.05) is 84.0 Å². The molecule has 1 heterocycles. The van der Waals surface area contributed by atoms with Crippen LogP contribution in [0.25, 0.3) is 0 Å². The van der Waals surface area contributed by atoms with Gasteiger partial charge in [-0.15, -0.1) is 0 Å². The number of nitrogens with zero attached hydrogens (tertiary/aromatic N) is 1. The summed E-state index contributed by atoms with van der Waals surface area (Å²) in [5.74, 6) is 0. The van der Waals surface area contributed by atoms with Crippen molar-refractivity contribution in [2.75, 3.05) is 46.1 Å². The Morgan fingerprint density at radius 3 is 1.71 bits per heavy atom. The number of unbranched alkanes of at least 4 members (excludes halogenated alkanes) is 11. The zero-order valence-electron chi connectivity index (χ0n) is 24.6. The highest BCUT2D eigenvalue weighted by Crippen LogP contribution is 2.43. The van der Waals surface area contributed by atoms with E-state index in [0.29, 0.717) is 12.7 Å². The molecule has 0 radical (unpaired) electrons. The van der Waals surface area contributed by atoms with Crippen LogP contribution in [-0.2, 0) is 23.1 Å². The molecule has 0 amide bonds. The van der Waals surface area contributed by atoms with Crippen LogP contribution in [-0.4, -0.2) is 68.1 Å². The number of piperidine rings is 1. The van der Waals surface area contributed by atoms with Gasteiger partial charge in [-0.2, -0.15) is 0 Å². The number of phosphoric ester groups is 1. The van der Waals surface area contributed by atoms with Crippen molar-refractivity contribution in [3.8, 4) is 0 Å². The molecule has 0 aromatic heterocycles. The van der Waals surface area contributed by atoms with Crippen LogP contribution in [0.4, 0.5) is 0 Å². The van der Waals surface area contributed by atoms with Crippen molar-refractivity contribution in [3.05, 3.63) is 0 Å². The lowest BCUT2D eigenvalue weighted by atomic mass is 9.95. The van der Waals surface area contributed by atoms with Gasteiger partial charge in [0.15, 0.2) is 0 Å². The lowest BCUT2D eigenvalue weighted by Crippen LogP contribution is -2.31. The molecule has 2 aliphatic rings. The average Bonchev–Trinajstić information content (AvgIpc) is 2.93. The maximum absolute atomic E-state index is 12.1. The molecule has 38 heavy (non-hydrogen) atoms. The fourth-order valence-electron chi connectivity index (χ4n) is 5.61. The van der Waals surface area contributed by atoms with E-state index >= 15 is 0 Å². The van der Waals surface area contributed by atoms with E-state index < -0.39 is 7.82 Å². The normalized spacial score (nSPS) is 22.5. The first-order valence-electron chi connectivity index (χ1n) is 16.2. The van der Waals surface area contributed by atoms with Gasteiger partial charge in [-0.3, -0.25) is 9.05 Å². The van der Waals surface area contributed by atoms with Crippen molar-refractivity contribution in [2.24, 2.45) is 0 Å². The van der Waals surface area contributed by atoms with Gasteiger partial charge in [-0.25, -0.2) is 4.57 Å². The number of hydrogen-bond donors (Lipinski definition) is 1. The van der Waals surface area contributed by atoms with E-state index in [9.17, 15) is 9.46 Å². The van der Waals surface area contributed by atoms with Crippen molar-refractivity contribution in [1.29, 1.82) is 0 Å². The molecule has 8 heteroatoms. The predicted octanol–water partition coefficient (Wildman–Crippen LogP) is 8.04. The Kier molecular flexibility index (Phi) is 20.4. The molecule has 1 atom stereocenters. The van der Waals surface area contributed by atoms with Crippen LogP contribution in [0.3, 0.4) is 0 Å². The molecule has 0 bridgehead atoms. The first kappa shape index (κ1) is 34.2. The number of rotatable bonds is 24. The molecule has 0 spiro atoms. The Balaban J connectivity index is 1.34. The molecule has 1 saturated carbocycles. The number of ether oxygens (including phenoxy) is 2. The van der Waals surface area contributed by atoms with Gasteiger partial charge in [0, 0.05) is 13.2 Å². The van der Waals surface area contributed by atoms with Gasteiger partial charge in [0.2, 0.25) is 0 Å². The van der Waals surface area contributed by atoms with Gasteiger partial charge >= 0.3 is 7.82 Å². The molecular formula is C30H60NO6P. The van der Waals surface area contributed by atoms with E-state index in [2.05, 4.69) is 11.8 Å². The number of likely N-dealkylation sites (tertiary alicyclic amines) is 1. The minimum absolute atomic E-state index is 0.0787. The van der Waals surface area contributed by atoms with Crippen molar-refractivity contribution >= 4 is 7.82 Å². The van der Waals surface area contributed by atoms with E-state index in [1.807, 2.05) is 0 Å². The maximum Gasteiger partial charge on any atom is 0.472 e. The summed E-state index contributed by atoms with van der Waals surface area (Å²) >= 11 is 0. The highest BCUT2D eigenvalue weighted by Gasteiger charge is 2.24. The average molecular weight is 562 g/mol. The van der Waals surface area contributed by atoms with Crippen LogP contribution < -0.4 is 0 Å². The summed E-state index contributed by atoms with van der Waals surface area (Å²) in [6.45, 7) is 6.96. The summed E-state index contributed by atoms with van der Waals surface area (Å²) in [5, 5.41) is 0. The maximum atomic E-state index is 12.1. The summed E-state index contributed by atoms with van der Waals surface area (Å²) in [7, 11) is -3.99. The largest absolute Gasteiger partial charge is 0.472 e. The smallest absolute Gasteiger partial charge is 0.378 e. The Labute approximate surface area is 234 Å². The molecule has 0 aromatic carbocycles. The Morgan fingerprint density at radius 1 is 0.632 bits per heavy atom. The van der Waals surface area contributed by atoms with Crippen molar-refractivity contribution in [2.45, 2.75) is 148 Å². The SMILES string of the molecule is CCCCCCCCCCCCCCOC1CCC(OCCOP(=O)(O)OCCCN2CCCCC2)CC1. The van der Waals surface area contributed by atoms with Crippen molar-refractivity contribution in [1.82, 2.24) is 4.90 Å². The van der Waals surface area contributed by atoms with Gasteiger partial charge in [0.25, 0.3) is 0 Å². The van der Waals surface area contributed by atoms with Crippen LogP contribution in [0.5, 0.6) is 0 Å². The Hall–Kier alpha value is -0.0100. The standard InChI is InChI=1S/C30H60NO6P/c1-2-3-4-5-6-7-8-9-10-11-12-16-25-34-29-18-20-30(21-19-29)35-27-28-37-38(32,33)36-26-17-24-31-22-14-13-15-23-31/h29-30H,2-28H2,1H3,(H,32,33). The van der Waals surface area contributed by atoms with E-state index in [4.69, 9.17) is 18.5 Å². The molecule has 2 rings (SSSR count). The molecular weight excluding hydrogens is 501 g/mol. The summed E-state index contributed by atoms with van der Waals surface area (Å²) < 4.78 is 34.2. The predicted molar refractivity (Wildman–Crippen MR) is 156 cm³/mol. The molecule has 1 saturated heterocycles. The van der Waals surface area contributed by atoms with Crippen LogP contribution in [0.1, 0.15) is 135 Å². The second-order valence-electron chi connectivity index (χ2n) is 11.4. The zero-order valence-corrected chi connectivity index (χ0v) is 25.5. The van der Waals surface area contributed by atoms with Crippen LogP contribution >= 0.6 is 7.82 Å². The summed E-state index contributed by atoms with van der Waals surface area (Å²) in [6, 6.07) is 0. The molecule has 1 unspecified atom stereocenters. The molecule has 0 aromatic rings. The Morgan fingerprint density at radius 2 is 1.13 bits per heavy atom. The third kappa shape index (κ3) is 18.4. The van der Waals surface area contributed by atoms with E-state index in [1.54, 1.807) is 0 Å². The highest BCUT2D eigenvalue weighted by atomic mass is 31.2. The van der Waals surface area contributed by atoms with Crippen LogP contribution in [0, 0.1) is 0 Å². The van der Waals surface area contributed by atoms with Crippen molar-refractivity contribution < 1.29 is 28.0 Å². The Bertz CT molecular complexity index is 581. The molecule has 7 nitrogen and oxygen atoms in total. The second-order valence-corrected chi connectivity index (χ2v) is 12.9. The first-order chi connectivity index (χ1) is 18.6. The summed E-state index contributed by atoms with van der Waals surface area (Å²) in [4.78, 5) is 12.3. The first-order valence-corrected chi connectivity index (χ1v) is 17.7. The van der Waals surface area contributed by atoms with Gasteiger partial charge < -0.3 is 19.3 Å². The minimum Gasteiger partial charge on any atom is -0.378 e. The second kappa shape index (κ2) is 22.7. The lowest BCUT2D eigenvalue weighted by Gasteiger charge is -2.28. The zero-order chi connectivity index (χ0) is 27.2. The van der Waals surface area contributed by atoms with Crippen LogP contribution in [0.2, 0.25) is 0 Å². The fraction of sp³-hybridized carbons (Fsp3) is 1.00. The highest BCUT2D eigenvalue weighted by molar-refractivity contribution is 7.47. The number of hydrogen-bond acceptors (Lipinski definition) is 6. The monoisotopic (exact) mass is 561 g/mol. The fourth-order valence-corrected chi connectivity index (χ4v) is 6.35.